The van der Waals surface area contributed by atoms with Crippen LogP contribution in [0.5, 0.6) is 0 Å². The van der Waals surface area contributed by atoms with Gasteiger partial charge in [-0.25, -0.2) is 0 Å². The molecule has 0 aromatic heterocycles. The molecule has 2 N–H and O–H groups in total. The minimum Gasteiger partial charge on any atom is -0.373 e. The highest BCUT2D eigenvalue weighted by molar-refractivity contribution is 5.90. The van der Waals surface area contributed by atoms with E-state index in [2.05, 4.69) is 168 Å². The summed E-state index contributed by atoms with van der Waals surface area (Å²) in [5.41, 5.74) is 17.0. The molecule has 0 bridgehead atoms. The Morgan fingerprint density at radius 3 is 1.96 bits per heavy atom. The van der Waals surface area contributed by atoms with Gasteiger partial charge in [0.25, 0.3) is 0 Å². The van der Waals surface area contributed by atoms with Crippen LogP contribution < -0.4 is 10.6 Å². The zero-order valence-electron chi connectivity index (χ0n) is 27.2. The Labute approximate surface area is 268 Å². The van der Waals surface area contributed by atoms with Crippen molar-refractivity contribution in [2.75, 3.05) is 10.6 Å². The highest BCUT2D eigenvalue weighted by Gasteiger charge is 2.36. The molecule has 2 nitrogen and oxygen atoms in total. The van der Waals surface area contributed by atoms with Crippen LogP contribution in [-0.2, 0) is 10.8 Å². The summed E-state index contributed by atoms with van der Waals surface area (Å²) in [4.78, 5) is 0. The van der Waals surface area contributed by atoms with Crippen LogP contribution in [0.3, 0.4) is 0 Å². The van der Waals surface area contributed by atoms with Crippen LogP contribution in [0.4, 0.5) is 11.4 Å². The van der Waals surface area contributed by atoms with Crippen LogP contribution in [0.1, 0.15) is 91.2 Å². The second-order valence-electron chi connectivity index (χ2n) is 14.5. The second kappa shape index (κ2) is 9.97. The van der Waals surface area contributed by atoms with Crippen molar-refractivity contribution in [3.8, 4) is 11.1 Å². The number of hydrogen-bond acceptors (Lipinski definition) is 2. The Morgan fingerprint density at radius 1 is 0.667 bits per heavy atom. The monoisotopic (exact) mass is 586 g/mol. The van der Waals surface area contributed by atoms with E-state index in [0.29, 0.717) is 5.92 Å². The lowest BCUT2D eigenvalue weighted by Gasteiger charge is -2.32. The summed E-state index contributed by atoms with van der Waals surface area (Å²) in [5.74, 6) is 0.498. The van der Waals surface area contributed by atoms with E-state index in [1.807, 2.05) is 0 Å². The van der Waals surface area contributed by atoms with Gasteiger partial charge in [0.15, 0.2) is 0 Å². The van der Waals surface area contributed by atoms with Crippen LogP contribution in [0.15, 0.2) is 109 Å². The minimum absolute atomic E-state index is 0.0126. The fourth-order valence-corrected chi connectivity index (χ4v) is 8.06. The van der Waals surface area contributed by atoms with Crippen molar-refractivity contribution in [3.05, 3.63) is 153 Å². The van der Waals surface area contributed by atoms with Crippen molar-refractivity contribution in [1.82, 2.24) is 0 Å². The van der Waals surface area contributed by atoms with Gasteiger partial charge in [0.1, 0.15) is 0 Å². The van der Waals surface area contributed by atoms with E-state index in [9.17, 15) is 0 Å². The zero-order chi connectivity index (χ0) is 31.1. The highest BCUT2D eigenvalue weighted by Crippen LogP contribution is 2.50. The molecule has 8 rings (SSSR count). The zero-order valence-corrected chi connectivity index (χ0v) is 27.2. The molecule has 0 saturated heterocycles. The first-order valence-electron chi connectivity index (χ1n) is 16.4. The number of fused-ring (bicyclic) bond motifs is 6. The fourth-order valence-electron chi connectivity index (χ4n) is 8.06. The molecule has 0 fully saturated rings. The van der Waals surface area contributed by atoms with Gasteiger partial charge in [-0.05, 0) is 74.0 Å². The van der Waals surface area contributed by atoms with E-state index >= 15 is 0 Å². The van der Waals surface area contributed by atoms with Gasteiger partial charge in [-0.1, -0.05) is 150 Å². The molecule has 3 atom stereocenters. The van der Waals surface area contributed by atoms with Gasteiger partial charge in [0.2, 0.25) is 0 Å². The number of nitrogens with one attached hydrogen (secondary N) is 2. The summed E-state index contributed by atoms with van der Waals surface area (Å²) in [6, 6.07) is 27.6. The average molecular weight is 587 g/mol. The Bertz CT molecular complexity index is 2000. The number of rotatable bonds is 4. The number of anilines is 2. The summed E-state index contributed by atoms with van der Waals surface area (Å²) < 4.78 is 0. The van der Waals surface area contributed by atoms with Gasteiger partial charge in [-0.3, -0.25) is 0 Å². The van der Waals surface area contributed by atoms with E-state index in [-0.39, 0.29) is 22.9 Å². The van der Waals surface area contributed by atoms with Gasteiger partial charge in [-0.2, -0.15) is 0 Å². The van der Waals surface area contributed by atoms with Gasteiger partial charge in [-0.15, -0.1) is 0 Å². The van der Waals surface area contributed by atoms with E-state index < -0.39 is 0 Å². The van der Waals surface area contributed by atoms with Crippen LogP contribution in [0, 0.1) is 12.8 Å². The molecule has 4 aliphatic rings. The average Bonchev–Trinajstić information content (AvgIpc) is 3.59. The third-order valence-corrected chi connectivity index (χ3v) is 10.8. The maximum Gasteiger partial charge on any atom is 0.0702 e. The molecule has 224 valence electrons. The molecular weight excluding hydrogens is 544 g/mol. The third-order valence-electron chi connectivity index (χ3n) is 10.8. The van der Waals surface area contributed by atoms with Crippen LogP contribution in [-0.4, -0.2) is 0 Å². The van der Waals surface area contributed by atoms with Crippen molar-refractivity contribution < 1.29 is 0 Å². The Hall–Kier alpha value is -4.56. The van der Waals surface area contributed by atoms with Crippen LogP contribution >= 0.6 is 0 Å². The molecule has 4 aromatic rings. The van der Waals surface area contributed by atoms with Gasteiger partial charge in [0.05, 0.1) is 23.5 Å². The summed E-state index contributed by atoms with van der Waals surface area (Å²) >= 11 is 0. The predicted octanol–water partition coefficient (Wildman–Crippen LogP) is 11.1. The molecule has 45 heavy (non-hydrogen) atoms. The standard InChI is InChI=1S/C43H42N2/c1-26-11-19-32(23-26)42(3,4)36-24-30(13-12-27(36)2)38-21-17-28-14-15-29-18-22-39(45-41(29)40(28)44-38)31-16-20-34-33-9-7-8-10-35(33)43(5,6)37(34)25-31/h7-26,38-39,44-45H,1-6H3. The number of hydrogen-bond donors (Lipinski definition) is 2. The molecule has 0 radical (unpaired) electrons. The fraction of sp³-hybridized carbons (Fsp3) is 0.256. The molecule has 2 heterocycles. The van der Waals surface area contributed by atoms with E-state index in [1.54, 1.807) is 0 Å². The Balaban J connectivity index is 1.11. The normalized spacial score (nSPS) is 21.7. The SMILES string of the molecule is Cc1ccc(C2C=Cc3ccc4c(c3N2)NC(c2ccc3c(c2)C(C)(C)c2ccccc2-3)C=C4)cc1C(C)(C)C1=CC(C)C=C1. The molecular formula is C43H42N2. The molecule has 2 heteroatoms. The van der Waals surface area contributed by atoms with Crippen molar-refractivity contribution >= 4 is 23.5 Å². The van der Waals surface area contributed by atoms with E-state index in [1.165, 1.54) is 72.6 Å². The number of benzene rings is 4. The number of aryl methyl sites for hydroxylation is 1. The first-order chi connectivity index (χ1) is 21.6. The number of allylic oxidation sites excluding steroid dienone is 4. The first kappa shape index (κ1) is 28.0. The van der Waals surface area contributed by atoms with Gasteiger partial charge in [0, 0.05) is 10.8 Å². The first-order valence-corrected chi connectivity index (χ1v) is 16.4. The summed E-state index contributed by atoms with van der Waals surface area (Å²) in [6.07, 6.45) is 16.2. The van der Waals surface area contributed by atoms with Crippen molar-refractivity contribution in [2.45, 2.75) is 64.5 Å². The van der Waals surface area contributed by atoms with Crippen molar-refractivity contribution in [2.24, 2.45) is 5.92 Å². The molecule has 0 amide bonds. The van der Waals surface area contributed by atoms with Gasteiger partial charge >= 0.3 is 0 Å². The quantitative estimate of drug-likeness (QED) is 0.249. The molecule has 2 aliphatic carbocycles. The Morgan fingerprint density at radius 2 is 1.29 bits per heavy atom. The topological polar surface area (TPSA) is 24.1 Å². The summed E-state index contributed by atoms with van der Waals surface area (Å²) in [7, 11) is 0. The lowest BCUT2D eigenvalue weighted by atomic mass is 9.75. The third kappa shape index (κ3) is 4.37. The minimum atomic E-state index is -0.0534. The lowest BCUT2D eigenvalue weighted by molar-refractivity contribution is 0.631. The van der Waals surface area contributed by atoms with Crippen LogP contribution in [0.2, 0.25) is 0 Å². The molecule has 0 spiro atoms. The molecule has 3 unspecified atom stereocenters. The van der Waals surface area contributed by atoms with E-state index in [4.69, 9.17) is 0 Å². The highest BCUT2D eigenvalue weighted by atomic mass is 15.0. The van der Waals surface area contributed by atoms with Crippen molar-refractivity contribution in [3.63, 3.8) is 0 Å². The predicted molar refractivity (Wildman–Crippen MR) is 192 cm³/mol. The Kier molecular flexibility index (Phi) is 6.20. The van der Waals surface area contributed by atoms with Gasteiger partial charge < -0.3 is 10.6 Å². The lowest BCUT2D eigenvalue weighted by Crippen LogP contribution is -2.22. The maximum absolute atomic E-state index is 3.94. The van der Waals surface area contributed by atoms with Crippen molar-refractivity contribution in [1.29, 1.82) is 0 Å². The summed E-state index contributed by atoms with van der Waals surface area (Å²) in [6.45, 7) is 13.9. The van der Waals surface area contributed by atoms with Crippen LogP contribution in [0.25, 0.3) is 23.3 Å². The molecule has 2 aliphatic heterocycles. The molecule has 4 aromatic carbocycles. The largest absolute Gasteiger partial charge is 0.373 e. The van der Waals surface area contributed by atoms with E-state index in [0.717, 1.165) is 0 Å². The molecule has 0 saturated carbocycles. The maximum atomic E-state index is 3.94. The second-order valence-corrected chi connectivity index (χ2v) is 14.5. The smallest absolute Gasteiger partial charge is 0.0702 e. The summed E-state index contributed by atoms with van der Waals surface area (Å²) in [5, 5.41) is 7.88.